The number of aromatic amines is 1. The van der Waals surface area contributed by atoms with Crippen LogP contribution < -0.4 is 0 Å². The number of ketones is 1. The second kappa shape index (κ2) is 8.62. The Hall–Kier alpha value is -1.67. The summed E-state index contributed by atoms with van der Waals surface area (Å²) in [6.45, 7) is 10.7. The number of aromatic nitrogens is 1. The van der Waals surface area contributed by atoms with E-state index in [0.717, 1.165) is 0 Å². The topological polar surface area (TPSA) is 96.5 Å². The molecule has 0 saturated heterocycles. The van der Waals surface area contributed by atoms with E-state index in [2.05, 4.69) is 4.98 Å². The van der Waals surface area contributed by atoms with Crippen LogP contribution in [0.2, 0.25) is 0 Å². The van der Waals surface area contributed by atoms with Gasteiger partial charge in [0.05, 0.1) is 18.9 Å². The third kappa shape index (κ3) is 5.15. The Bertz CT molecular complexity index is 734. The first-order valence-corrected chi connectivity index (χ1v) is 10.0. The highest BCUT2D eigenvalue weighted by molar-refractivity contribution is 7.89. The molecule has 0 aliphatic heterocycles. The molecule has 0 fully saturated rings. The number of rotatable bonds is 9. The van der Waals surface area contributed by atoms with Crippen molar-refractivity contribution in [2.75, 3.05) is 25.4 Å². The summed E-state index contributed by atoms with van der Waals surface area (Å²) in [6, 6.07) is 0. The van der Waals surface area contributed by atoms with Crippen molar-refractivity contribution in [2.45, 2.75) is 41.5 Å². The lowest BCUT2D eigenvalue weighted by Gasteiger charge is -2.22. The standard InChI is InChI=1S/C17H28N2O5S/c1-7-24-17(21)16-12(5)15(13(6)18-16)14(20)10-19(9-11(3)4)25(22,23)8-2/h11,18H,7-10H2,1-6H3. The lowest BCUT2D eigenvalue weighted by molar-refractivity contribution is 0.0519. The zero-order valence-electron chi connectivity index (χ0n) is 15.8. The Morgan fingerprint density at radius 3 is 2.28 bits per heavy atom. The number of carbonyl (C=O) groups is 2. The van der Waals surface area contributed by atoms with E-state index in [1.807, 2.05) is 13.8 Å². The van der Waals surface area contributed by atoms with Gasteiger partial charge in [-0.3, -0.25) is 4.79 Å². The van der Waals surface area contributed by atoms with Crippen LogP contribution >= 0.6 is 0 Å². The Labute approximate surface area is 149 Å². The Morgan fingerprint density at radius 2 is 1.80 bits per heavy atom. The summed E-state index contributed by atoms with van der Waals surface area (Å²) in [6.07, 6.45) is 0. The van der Waals surface area contributed by atoms with Crippen LogP contribution in [0.5, 0.6) is 0 Å². The van der Waals surface area contributed by atoms with E-state index in [1.54, 1.807) is 27.7 Å². The number of esters is 1. The molecule has 0 unspecified atom stereocenters. The molecule has 1 aromatic rings. The molecule has 25 heavy (non-hydrogen) atoms. The lowest BCUT2D eigenvalue weighted by atomic mass is 10.1. The molecule has 7 nitrogen and oxygen atoms in total. The van der Waals surface area contributed by atoms with Gasteiger partial charge >= 0.3 is 5.97 Å². The first-order valence-electron chi connectivity index (χ1n) is 8.42. The molecule has 142 valence electrons. The van der Waals surface area contributed by atoms with E-state index >= 15 is 0 Å². The minimum absolute atomic E-state index is 0.0633. The maximum Gasteiger partial charge on any atom is 0.355 e. The smallest absolute Gasteiger partial charge is 0.355 e. The van der Waals surface area contributed by atoms with Crippen LogP contribution in [-0.2, 0) is 14.8 Å². The minimum Gasteiger partial charge on any atom is -0.461 e. The van der Waals surface area contributed by atoms with Crippen molar-refractivity contribution < 1.29 is 22.7 Å². The van der Waals surface area contributed by atoms with Crippen LogP contribution in [0.1, 0.15) is 59.8 Å². The molecule has 0 saturated carbocycles. The maximum atomic E-state index is 12.8. The summed E-state index contributed by atoms with van der Waals surface area (Å²) in [5.74, 6) is -0.828. The van der Waals surface area contributed by atoms with Gasteiger partial charge in [0.25, 0.3) is 0 Å². The first kappa shape index (κ1) is 21.4. The summed E-state index contributed by atoms with van der Waals surface area (Å²) in [5, 5.41) is 0. The second-order valence-electron chi connectivity index (χ2n) is 6.36. The van der Waals surface area contributed by atoms with Crippen molar-refractivity contribution in [2.24, 2.45) is 5.92 Å². The summed E-state index contributed by atoms with van der Waals surface area (Å²) < 4.78 is 30.7. The van der Waals surface area contributed by atoms with Gasteiger partial charge in [-0.15, -0.1) is 0 Å². The van der Waals surface area contributed by atoms with E-state index in [9.17, 15) is 18.0 Å². The third-order valence-corrected chi connectivity index (χ3v) is 5.64. The van der Waals surface area contributed by atoms with Gasteiger partial charge in [-0.2, -0.15) is 4.31 Å². The van der Waals surface area contributed by atoms with Crippen LogP contribution in [0.4, 0.5) is 0 Å². The molecule has 1 heterocycles. The number of nitrogens with zero attached hydrogens (tertiary/aromatic N) is 1. The SMILES string of the molecule is CCOC(=O)c1[nH]c(C)c(C(=O)CN(CC(C)C)S(=O)(=O)CC)c1C. The number of Topliss-reactive ketones (excluding diaryl/α,β-unsaturated/α-hetero) is 1. The van der Waals surface area contributed by atoms with Gasteiger partial charge in [0.2, 0.25) is 10.0 Å². The summed E-state index contributed by atoms with van der Waals surface area (Å²) in [4.78, 5) is 27.6. The molecule has 0 atom stereocenters. The molecular weight excluding hydrogens is 344 g/mol. The average molecular weight is 372 g/mol. The molecule has 0 aliphatic carbocycles. The maximum absolute atomic E-state index is 12.8. The number of hydrogen-bond acceptors (Lipinski definition) is 5. The molecular formula is C17H28N2O5S. The molecule has 1 rings (SSSR count). The van der Waals surface area contributed by atoms with Crippen molar-refractivity contribution >= 4 is 21.8 Å². The third-order valence-electron chi connectivity index (χ3n) is 3.84. The predicted molar refractivity (Wildman–Crippen MR) is 96.4 cm³/mol. The molecule has 1 aromatic heterocycles. The molecule has 0 radical (unpaired) electrons. The highest BCUT2D eigenvalue weighted by atomic mass is 32.2. The number of ether oxygens (including phenoxy) is 1. The van der Waals surface area contributed by atoms with Crippen LogP contribution in [0.3, 0.4) is 0 Å². The minimum atomic E-state index is -3.49. The van der Waals surface area contributed by atoms with Crippen molar-refractivity contribution in [1.29, 1.82) is 0 Å². The monoisotopic (exact) mass is 372 g/mol. The van der Waals surface area contributed by atoms with Crippen LogP contribution in [0, 0.1) is 19.8 Å². The molecule has 0 aromatic carbocycles. The fraction of sp³-hybridized carbons (Fsp3) is 0.647. The van der Waals surface area contributed by atoms with Crippen molar-refractivity contribution in [1.82, 2.24) is 9.29 Å². The van der Waals surface area contributed by atoms with Crippen LogP contribution in [0.25, 0.3) is 0 Å². The van der Waals surface area contributed by atoms with Gasteiger partial charge in [0.15, 0.2) is 5.78 Å². The highest BCUT2D eigenvalue weighted by Crippen LogP contribution is 2.20. The fourth-order valence-corrected chi connectivity index (χ4v) is 3.89. The molecule has 1 N–H and O–H groups in total. The van der Waals surface area contributed by atoms with Crippen LogP contribution in [-0.4, -0.2) is 54.9 Å². The lowest BCUT2D eigenvalue weighted by Crippen LogP contribution is -2.39. The average Bonchev–Trinajstić information content (AvgIpc) is 2.81. The van der Waals surface area contributed by atoms with Gasteiger partial charge in [0, 0.05) is 17.8 Å². The van der Waals surface area contributed by atoms with E-state index < -0.39 is 16.0 Å². The molecule has 0 bridgehead atoms. The Morgan fingerprint density at radius 1 is 1.20 bits per heavy atom. The Balaban J connectivity index is 3.16. The first-order chi connectivity index (χ1) is 11.5. The summed E-state index contributed by atoms with van der Waals surface area (Å²) in [5.41, 5.74) is 1.60. The van der Waals surface area contributed by atoms with Gasteiger partial charge in [-0.25, -0.2) is 13.2 Å². The van der Waals surface area contributed by atoms with Crippen molar-refractivity contribution in [3.63, 3.8) is 0 Å². The molecule has 0 aliphatic rings. The number of aryl methyl sites for hydroxylation is 1. The number of sulfonamides is 1. The zero-order chi connectivity index (χ0) is 19.4. The largest absolute Gasteiger partial charge is 0.461 e. The summed E-state index contributed by atoms with van der Waals surface area (Å²) in [7, 11) is -3.49. The summed E-state index contributed by atoms with van der Waals surface area (Å²) >= 11 is 0. The van der Waals surface area contributed by atoms with E-state index in [-0.39, 0.29) is 42.8 Å². The predicted octanol–water partition coefficient (Wildman–Crippen LogP) is 2.30. The fourth-order valence-electron chi connectivity index (χ4n) is 2.68. The number of H-pyrrole nitrogens is 1. The molecule has 0 spiro atoms. The van der Waals surface area contributed by atoms with Crippen LogP contribution in [0.15, 0.2) is 0 Å². The van der Waals surface area contributed by atoms with Gasteiger partial charge < -0.3 is 9.72 Å². The Kier molecular flexibility index (Phi) is 7.37. The molecule has 8 heteroatoms. The number of hydrogen-bond donors (Lipinski definition) is 1. The van der Waals surface area contributed by atoms with E-state index in [1.165, 1.54) is 4.31 Å². The number of nitrogens with one attached hydrogen (secondary N) is 1. The van der Waals surface area contributed by atoms with Crippen molar-refractivity contribution in [3.8, 4) is 0 Å². The number of carbonyl (C=O) groups excluding carboxylic acids is 2. The van der Waals surface area contributed by atoms with E-state index in [4.69, 9.17) is 4.74 Å². The zero-order valence-corrected chi connectivity index (χ0v) is 16.6. The quantitative estimate of drug-likeness (QED) is 0.530. The normalized spacial score (nSPS) is 12.0. The van der Waals surface area contributed by atoms with Gasteiger partial charge in [-0.1, -0.05) is 13.8 Å². The second-order valence-corrected chi connectivity index (χ2v) is 8.61. The van der Waals surface area contributed by atoms with Gasteiger partial charge in [0.1, 0.15) is 5.69 Å². The highest BCUT2D eigenvalue weighted by Gasteiger charge is 2.28. The van der Waals surface area contributed by atoms with E-state index in [0.29, 0.717) is 16.8 Å². The molecule has 0 amide bonds. The van der Waals surface area contributed by atoms with Crippen molar-refractivity contribution in [3.05, 3.63) is 22.5 Å². The van der Waals surface area contributed by atoms with Gasteiger partial charge in [-0.05, 0) is 39.2 Å².